The summed E-state index contributed by atoms with van der Waals surface area (Å²) in [6.45, 7) is 7.46. The highest BCUT2D eigenvalue weighted by Gasteiger charge is 2.27. The Bertz CT molecular complexity index is 377. The van der Waals surface area contributed by atoms with E-state index in [1.54, 1.807) is 6.92 Å². The van der Waals surface area contributed by atoms with Crippen molar-refractivity contribution in [2.24, 2.45) is 5.41 Å². The molecule has 0 fully saturated rings. The van der Waals surface area contributed by atoms with Crippen LogP contribution < -0.4 is 5.32 Å². The van der Waals surface area contributed by atoms with Gasteiger partial charge in [0.1, 0.15) is 5.60 Å². The minimum atomic E-state index is -1.04. The van der Waals surface area contributed by atoms with E-state index >= 15 is 0 Å². The highest BCUT2D eigenvalue weighted by Crippen LogP contribution is 2.20. The van der Waals surface area contributed by atoms with E-state index in [-0.39, 0.29) is 12.5 Å². The van der Waals surface area contributed by atoms with Gasteiger partial charge in [-0.1, -0.05) is 51.1 Å². The van der Waals surface area contributed by atoms with Crippen LogP contribution in [0.4, 0.5) is 0 Å². The minimum absolute atomic E-state index is 0.0614. The van der Waals surface area contributed by atoms with E-state index in [1.165, 1.54) is 0 Å². The third-order valence-electron chi connectivity index (χ3n) is 2.67. The maximum Gasteiger partial charge on any atom is 0.225 e. The number of amides is 1. The van der Waals surface area contributed by atoms with E-state index < -0.39 is 11.0 Å². The van der Waals surface area contributed by atoms with Crippen LogP contribution in [0.3, 0.4) is 0 Å². The number of hydrogen-bond acceptors (Lipinski definition) is 2. The van der Waals surface area contributed by atoms with E-state index in [2.05, 4.69) is 5.32 Å². The molecule has 2 N–H and O–H groups in total. The lowest BCUT2D eigenvalue weighted by Gasteiger charge is -2.26. The molecular formula is C14H21NO2. The van der Waals surface area contributed by atoms with Gasteiger partial charge in [0.25, 0.3) is 0 Å². The molecule has 0 spiro atoms. The van der Waals surface area contributed by atoms with Gasteiger partial charge in [-0.05, 0) is 12.5 Å². The molecule has 0 radical (unpaired) electrons. The maximum absolute atomic E-state index is 11.7. The van der Waals surface area contributed by atoms with Gasteiger partial charge in [-0.2, -0.15) is 0 Å². The van der Waals surface area contributed by atoms with Crippen molar-refractivity contribution in [1.82, 2.24) is 5.32 Å². The summed E-state index contributed by atoms with van der Waals surface area (Å²) in [4.78, 5) is 11.7. The van der Waals surface area contributed by atoms with Crippen molar-refractivity contribution in [2.75, 3.05) is 6.54 Å². The van der Waals surface area contributed by atoms with Gasteiger partial charge in [0.05, 0.1) is 6.54 Å². The van der Waals surface area contributed by atoms with Gasteiger partial charge in [0, 0.05) is 5.41 Å². The van der Waals surface area contributed by atoms with Gasteiger partial charge in [0.2, 0.25) is 5.91 Å². The van der Waals surface area contributed by atoms with Crippen molar-refractivity contribution >= 4 is 5.91 Å². The molecule has 1 aromatic rings. The van der Waals surface area contributed by atoms with Crippen molar-refractivity contribution in [3.05, 3.63) is 35.9 Å². The van der Waals surface area contributed by atoms with E-state index in [0.29, 0.717) is 0 Å². The summed E-state index contributed by atoms with van der Waals surface area (Å²) in [5, 5.41) is 13.1. The molecule has 17 heavy (non-hydrogen) atoms. The third-order valence-corrected chi connectivity index (χ3v) is 2.67. The molecule has 0 heterocycles. The Kier molecular flexibility index (Phi) is 3.94. The van der Waals surface area contributed by atoms with Crippen molar-refractivity contribution in [2.45, 2.75) is 33.3 Å². The fourth-order valence-electron chi connectivity index (χ4n) is 1.42. The molecule has 0 saturated carbocycles. The molecule has 1 unspecified atom stereocenters. The zero-order valence-corrected chi connectivity index (χ0v) is 10.9. The predicted molar refractivity (Wildman–Crippen MR) is 68.5 cm³/mol. The average molecular weight is 235 g/mol. The first kappa shape index (κ1) is 13.7. The smallest absolute Gasteiger partial charge is 0.225 e. The Balaban J connectivity index is 2.66. The zero-order chi connectivity index (χ0) is 13.1. The minimum Gasteiger partial charge on any atom is -0.384 e. The number of rotatable bonds is 3. The SMILES string of the molecule is CC(C)(C)C(=O)NCC(C)(O)c1ccccc1. The summed E-state index contributed by atoms with van der Waals surface area (Å²) < 4.78 is 0. The summed E-state index contributed by atoms with van der Waals surface area (Å²) in [5.41, 5.74) is -0.677. The highest BCUT2D eigenvalue weighted by atomic mass is 16.3. The lowest BCUT2D eigenvalue weighted by atomic mass is 9.93. The number of nitrogens with one attached hydrogen (secondary N) is 1. The first-order chi connectivity index (χ1) is 7.73. The molecule has 1 aromatic carbocycles. The second-order valence-electron chi connectivity index (χ2n) is 5.57. The number of aliphatic hydroxyl groups is 1. The van der Waals surface area contributed by atoms with Gasteiger partial charge >= 0.3 is 0 Å². The second kappa shape index (κ2) is 4.88. The monoisotopic (exact) mass is 235 g/mol. The Labute approximate surface area is 103 Å². The van der Waals surface area contributed by atoms with Crippen molar-refractivity contribution < 1.29 is 9.90 Å². The second-order valence-corrected chi connectivity index (χ2v) is 5.57. The van der Waals surface area contributed by atoms with E-state index in [1.807, 2.05) is 51.1 Å². The molecule has 1 rings (SSSR count). The fraction of sp³-hybridized carbons (Fsp3) is 0.500. The van der Waals surface area contributed by atoms with Crippen LogP contribution in [-0.4, -0.2) is 17.6 Å². The molecule has 0 bridgehead atoms. The molecule has 0 aliphatic rings. The van der Waals surface area contributed by atoms with E-state index in [0.717, 1.165) is 5.56 Å². The standard InChI is InChI=1S/C14H21NO2/c1-13(2,3)12(16)15-10-14(4,17)11-8-6-5-7-9-11/h5-9,17H,10H2,1-4H3,(H,15,16). The number of hydrogen-bond donors (Lipinski definition) is 2. The molecule has 94 valence electrons. The predicted octanol–water partition coefficient (Wildman–Crippen LogP) is 2.06. The topological polar surface area (TPSA) is 49.3 Å². The van der Waals surface area contributed by atoms with Gasteiger partial charge in [-0.3, -0.25) is 4.79 Å². The molecule has 0 aromatic heterocycles. The Hall–Kier alpha value is -1.35. The number of carbonyl (C=O) groups excluding carboxylic acids is 1. The quantitative estimate of drug-likeness (QED) is 0.842. The number of carbonyl (C=O) groups is 1. The lowest BCUT2D eigenvalue weighted by Crippen LogP contribution is -2.43. The average Bonchev–Trinajstić information content (AvgIpc) is 2.26. The van der Waals surface area contributed by atoms with Crippen molar-refractivity contribution in [3.63, 3.8) is 0 Å². The van der Waals surface area contributed by atoms with Crippen LogP contribution in [-0.2, 0) is 10.4 Å². The van der Waals surface area contributed by atoms with Crippen LogP contribution in [0, 0.1) is 5.41 Å². The first-order valence-corrected chi connectivity index (χ1v) is 5.80. The largest absolute Gasteiger partial charge is 0.384 e. The van der Waals surface area contributed by atoms with E-state index in [4.69, 9.17) is 0 Å². The maximum atomic E-state index is 11.7. The first-order valence-electron chi connectivity index (χ1n) is 5.80. The van der Waals surface area contributed by atoms with Gasteiger partial charge in [-0.25, -0.2) is 0 Å². The van der Waals surface area contributed by atoms with Crippen LogP contribution in [0.5, 0.6) is 0 Å². The van der Waals surface area contributed by atoms with Crippen LogP contribution in [0.25, 0.3) is 0 Å². The van der Waals surface area contributed by atoms with Gasteiger partial charge in [0.15, 0.2) is 0 Å². The molecule has 1 amide bonds. The molecule has 0 aliphatic carbocycles. The zero-order valence-electron chi connectivity index (χ0n) is 10.9. The van der Waals surface area contributed by atoms with E-state index in [9.17, 15) is 9.90 Å². The molecule has 3 heteroatoms. The third kappa shape index (κ3) is 3.86. The van der Waals surface area contributed by atoms with Gasteiger partial charge < -0.3 is 10.4 Å². The lowest BCUT2D eigenvalue weighted by molar-refractivity contribution is -0.129. The van der Waals surface area contributed by atoms with Crippen molar-refractivity contribution in [1.29, 1.82) is 0 Å². The molecule has 3 nitrogen and oxygen atoms in total. The van der Waals surface area contributed by atoms with Gasteiger partial charge in [-0.15, -0.1) is 0 Å². The summed E-state index contributed by atoms with van der Waals surface area (Å²) in [7, 11) is 0. The summed E-state index contributed by atoms with van der Waals surface area (Å²) in [6.07, 6.45) is 0. The molecule has 0 aliphatic heterocycles. The summed E-state index contributed by atoms with van der Waals surface area (Å²) >= 11 is 0. The highest BCUT2D eigenvalue weighted by molar-refractivity contribution is 5.81. The van der Waals surface area contributed by atoms with Crippen LogP contribution in [0.15, 0.2) is 30.3 Å². The Morgan fingerprint density at radius 2 is 1.71 bits per heavy atom. The van der Waals surface area contributed by atoms with Crippen LogP contribution >= 0.6 is 0 Å². The number of benzene rings is 1. The fourth-order valence-corrected chi connectivity index (χ4v) is 1.42. The summed E-state index contributed by atoms with van der Waals surface area (Å²) in [6, 6.07) is 9.34. The molecular weight excluding hydrogens is 214 g/mol. The Morgan fingerprint density at radius 3 is 2.18 bits per heavy atom. The normalized spacial score (nSPS) is 15.1. The Morgan fingerprint density at radius 1 is 1.18 bits per heavy atom. The molecule has 1 atom stereocenters. The summed E-state index contributed by atoms with van der Waals surface area (Å²) in [5.74, 6) is -0.0614. The van der Waals surface area contributed by atoms with Crippen LogP contribution in [0.2, 0.25) is 0 Å². The van der Waals surface area contributed by atoms with Crippen LogP contribution in [0.1, 0.15) is 33.3 Å². The van der Waals surface area contributed by atoms with Crippen molar-refractivity contribution in [3.8, 4) is 0 Å². The molecule has 0 saturated heterocycles.